The van der Waals surface area contributed by atoms with Crippen LogP contribution in [0.2, 0.25) is 0 Å². The maximum absolute atomic E-state index is 11.8. The molecule has 29 heavy (non-hydrogen) atoms. The Morgan fingerprint density at radius 1 is 0.862 bits per heavy atom. The van der Waals surface area contributed by atoms with Gasteiger partial charge in [0.25, 0.3) is 5.82 Å². The van der Waals surface area contributed by atoms with Crippen LogP contribution in [0.15, 0.2) is 79.4 Å². The van der Waals surface area contributed by atoms with Crippen molar-refractivity contribution < 1.29 is 4.92 Å². The lowest BCUT2D eigenvalue weighted by Gasteiger charge is -2.27. The molecule has 5 aromatic rings. The van der Waals surface area contributed by atoms with Crippen molar-refractivity contribution in [2.45, 2.75) is 0 Å². The Bertz CT molecular complexity index is 1300. The molecular weight excluding hydrogens is 370 g/mol. The summed E-state index contributed by atoms with van der Waals surface area (Å²) in [6.07, 6.45) is 4.89. The maximum atomic E-state index is 11.8. The van der Waals surface area contributed by atoms with Crippen LogP contribution >= 0.6 is 0 Å². The number of hydrogen-bond acceptors (Lipinski definition) is 6. The molecule has 9 heteroatoms. The van der Waals surface area contributed by atoms with E-state index in [9.17, 15) is 10.1 Å². The van der Waals surface area contributed by atoms with Gasteiger partial charge in [0.1, 0.15) is 6.33 Å². The average Bonchev–Trinajstić information content (AvgIpc) is 3.34. The molecular formula is C20H15N7O2. The van der Waals surface area contributed by atoms with E-state index in [1.807, 2.05) is 73.1 Å². The molecule has 0 fully saturated rings. The highest BCUT2D eigenvalue weighted by molar-refractivity contribution is 5.84. The summed E-state index contributed by atoms with van der Waals surface area (Å²) < 4.78 is 3.60. The minimum absolute atomic E-state index is 0.0604. The molecule has 0 unspecified atom stereocenters. The van der Waals surface area contributed by atoms with Gasteiger partial charge >= 0.3 is 5.69 Å². The van der Waals surface area contributed by atoms with E-state index in [0.717, 1.165) is 21.8 Å². The van der Waals surface area contributed by atoms with Gasteiger partial charge in [0.2, 0.25) is 5.82 Å². The van der Waals surface area contributed by atoms with Gasteiger partial charge in [0.15, 0.2) is 0 Å². The molecule has 0 radical (unpaired) electrons. The highest BCUT2D eigenvalue weighted by Crippen LogP contribution is 2.33. The summed E-state index contributed by atoms with van der Waals surface area (Å²) >= 11 is 0. The number of nitrogens with zero attached hydrogens (tertiary/aromatic N) is 6. The predicted molar refractivity (Wildman–Crippen MR) is 110 cm³/mol. The van der Waals surface area contributed by atoms with Crippen LogP contribution < -0.4 is 10.9 Å². The molecule has 2 N–H and O–H groups in total. The number of nitrogen functional groups attached to an aromatic ring is 1. The number of nitro groups is 1. The molecule has 0 saturated carbocycles. The monoisotopic (exact) mass is 385 g/mol. The molecule has 5 rings (SSSR count). The van der Waals surface area contributed by atoms with E-state index in [1.165, 1.54) is 6.33 Å². The number of nitrogens with two attached hydrogens (primary N) is 1. The first-order chi connectivity index (χ1) is 14.1. The maximum Gasteiger partial charge on any atom is 0.357 e. The van der Waals surface area contributed by atoms with Gasteiger partial charge in [0.05, 0.1) is 16.0 Å². The molecule has 0 aliphatic carbocycles. The van der Waals surface area contributed by atoms with Crippen LogP contribution in [0.5, 0.6) is 0 Å². The van der Waals surface area contributed by atoms with Crippen LogP contribution in [-0.4, -0.2) is 24.2 Å². The largest absolute Gasteiger partial charge is 0.378 e. The van der Waals surface area contributed by atoms with Crippen molar-refractivity contribution in [3.05, 3.63) is 89.5 Å². The van der Waals surface area contributed by atoms with Gasteiger partial charge < -0.3 is 5.73 Å². The molecule has 3 aromatic heterocycles. The van der Waals surface area contributed by atoms with Gasteiger partial charge in [-0.2, -0.15) is 5.12 Å². The summed E-state index contributed by atoms with van der Waals surface area (Å²) in [4.78, 5) is 19.3. The van der Waals surface area contributed by atoms with Gasteiger partial charge in [-0.15, -0.1) is 0 Å². The molecule has 0 spiro atoms. The van der Waals surface area contributed by atoms with E-state index in [0.29, 0.717) is 0 Å². The molecule has 0 bridgehead atoms. The number of anilines is 2. The van der Waals surface area contributed by atoms with E-state index in [1.54, 1.807) is 14.5 Å². The number of benzene rings is 2. The van der Waals surface area contributed by atoms with Crippen LogP contribution in [0.1, 0.15) is 0 Å². The van der Waals surface area contributed by atoms with Crippen molar-refractivity contribution in [2.75, 3.05) is 10.9 Å². The summed E-state index contributed by atoms with van der Waals surface area (Å²) in [6, 6.07) is 19.4. The minimum Gasteiger partial charge on any atom is -0.378 e. The molecule has 0 saturated heterocycles. The van der Waals surface area contributed by atoms with Crippen molar-refractivity contribution in [2.24, 2.45) is 0 Å². The zero-order valence-corrected chi connectivity index (χ0v) is 15.1. The van der Waals surface area contributed by atoms with Gasteiger partial charge in [-0.25, -0.2) is 19.3 Å². The van der Waals surface area contributed by atoms with E-state index in [2.05, 4.69) is 9.97 Å². The normalized spacial score (nSPS) is 11.2. The summed E-state index contributed by atoms with van der Waals surface area (Å²) in [5, 5.41) is 15.4. The highest BCUT2D eigenvalue weighted by Gasteiger charge is 2.29. The quantitative estimate of drug-likeness (QED) is 0.374. The lowest BCUT2D eigenvalue weighted by Crippen LogP contribution is -2.35. The molecule has 0 atom stereocenters. The van der Waals surface area contributed by atoms with Crippen molar-refractivity contribution >= 4 is 39.1 Å². The van der Waals surface area contributed by atoms with E-state index >= 15 is 0 Å². The van der Waals surface area contributed by atoms with Crippen molar-refractivity contribution in [3.63, 3.8) is 0 Å². The van der Waals surface area contributed by atoms with Crippen LogP contribution in [0, 0.1) is 10.1 Å². The van der Waals surface area contributed by atoms with Gasteiger partial charge in [-0.1, -0.05) is 36.4 Å². The van der Waals surface area contributed by atoms with Crippen molar-refractivity contribution in [3.8, 4) is 0 Å². The number of hydrogen-bond donors (Lipinski definition) is 1. The number of para-hydroxylation sites is 2. The lowest BCUT2D eigenvalue weighted by atomic mass is 10.2. The Morgan fingerprint density at radius 3 is 1.97 bits per heavy atom. The Balaban J connectivity index is 1.87. The smallest absolute Gasteiger partial charge is 0.357 e. The third-order valence-electron chi connectivity index (χ3n) is 4.77. The Labute approximate surface area is 164 Å². The standard InChI is InChI=1S/C20H15N7O2/c21-19-18(27(28)29)20(23-13-22-19)26(24-11-9-14-5-1-3-7-16(14)24)25-12-10-15-6-2-4-8-17(15)25/h1-13H,(H2,21,22,23). The van der Waals surface area contributed by atoms with Crippen LogP contribution in [-0.2, 0) is 0 Å². The molecule has 9 nitrogen and oxygen atoms in total. The summed E-state index contributed by atoms with van der Waals surface area (Å²) in [6.45, 7) is 0. The zero-order valence-electron chi connectivity index (χ0n) is 15.1. The van der Waals surface area contributed by atoms with Crippen LogP contribution in [0.4, 0.5) is 17.3 Å². The average molecular weight is 385 g/mol. The topological polar surface area (TPSA) is 108 Å². The Kier molecular flexibility index (Phi) is 3.66. The first kappa shape index (κ1) is 16.8. The number of fused-ring (bicyclic) bond motifs is 2. The third kappa shape index (κ3) is 2.56. The predicted octanol–water partition coefficient (Wildman–Crippen LogP) is 3.61. The zero-order chi connectivity index (χ0) is 20.0. The Morgan fingerprint density at radius 2 is 1.41 bits per heavy atom. The number of aromatic nitrogens is 4. The van der Waals surface area contributed by atoms with E-state index in [-0.39, 0.29) is 17.3 Å². The fraction of sp³-hybridized carbons (Fsp3) is 0. The minimum atomic E-state index is -0.560. The third-order valence-corrected chi connectivity index (χ3v) is 4.77. The molecule has 142 valence electrons. The first-order valence-corrected chi connectivity index (χ1v) is 8.83. The highest BCUT2D eigenvalue weighted by atomic mass is 16.6. The summed E-state index contributed by atoms with van der Waals surface area (Å²) in [7, 11) is 0. The second-order valence-electron chi connectivity index (χ2n) is 6.42. The second kappa shape index (κ2) is 6.34. The van der Waals surface area contributed by atoms with Gasteiger partial charge in [0, 0.05) is 23.2 Å². The number of rotatable bonds is 4. The molecule has 2 aromatic carbocycles. The fourth-order valence-electron chi connectivity index (χ4n) is 3.48. The summed E-state index contributed by atoms with van der Waals surface area (Å²) in [5.74, 6) is -0.136. The lowest BCUT2D eigenvalue weighted by molar-refractivity contribution is -0.383. The van der Waals surface area contributed by atoms with E-state index < -0.39 is 4.92 Å². The molecule has 0 amide bonds. The molecule has 0 aliphatic heterocycles. The van der Waals surface area contributed by atoms with Gasteiger partial charge in [-0.3, -0.25) is 10.1 Å². The van der Waals surface area contributed by atoms with E-state index in [4.69, 9.17) is 5.73 Å². The summed E-state index contributed by atoms with van der Waals surface area (Å²) in [5.41, 5.74) is 7.21. The first-order valence-electron chi connectivity index (χ1n) is 8.83. The van der Waals surface area contributed by atoms with Crippen LogP contribution in [0.25, 0.3) is 21.8 Å². The molecule has 0 aliphatic rings. The van der Waals surface area contributed by atoms with Crippen molar-refractivity contribution in [1.82, 2.24) is 19.3 Å². The second-order valence-corrected chi connectivity index (χ2v) is 6.42. The SMILES string of the molecule is Nc1ncnc(N(n2ccc3ccccc32)n2ccc3ccccc32)c1[N+](=O)[O-]. The fourth-order valence-corrected chi connectivity index (χ4v) is 3.48. The Hall–Kier alpha value is -4.40. The van der Waals surface area contributed by atoms with Gasteiger partial charge in [-0.05, 0) is 24.3 Å². The molecule has 3 heterocycles. The van der Waals surface area contributed by atoms with Crippen molar-refractivity contribution in [1.29, 1.82) is 0 Å². The van der Waals surface area contributed by atoms with Crippen LogP contribution in [0.3, 0.4) is 0 Å².